The first kappa shape index (κ1) is 16.3. The van der Waals surface area contributed by atoms with Crippen LogP contribution in [0.3, 0.4) is 0 Å². The van der Waals surface area contributed by atoms with E-state index in [0.717, 1.165) is 12.5 Å². The summed E-state index contributed by atoms with van der Waals surface area (Å²) in [5.74, 6) is 1.03. The first-order valence-corrected chi connectivity index (χ1v) is 9.00. The van der Waals surface area contributed by atoms with Gasteiger partial charge in [-0.15, -0.1) is 0 Å². The quantitative estimate of drug-likeness (QED) is 0.625. The van der Waals surface area contributed by atoms with Crippen LogP contribution in [0.15, 0.2) is 0 Å². The van der Waals surface area contributed by atoms with E-state index >= 15 is 0 Å². The van der Waals surface area contributed by atoms with Crippen molar-refractivity contribution < 1.29 is 0 Å². The number of nitrogens with two attached hydrogens (primary N) is 1. The third-order valence-corrected chi connectivity index (χ3v) is 5.05. The van der Waals surface area contributed by atoms with Crippen LogP contribution in [0.1, 0.15) is 58.3 Å². The van der Waals surface area contributed by atoms with E-state index in [9.17, 15) is 0 Å². The second-order valence-corrected chi connectivity index (χ2v) is 6.87. The van der Waals surface area contributed by atoms with Crippen LogP contribution < -0.4 is 5.73 Å². The number of unbranched alkanes of at least 4 members (excludes halogenated alkanes) is 4. The fourth-order valence-corrected chi connectivity index (χ4v) is 3.41. The molecule has 1 saturated carbocycles. The lowest BCUT2D eigenvalue weighted by Crippen LogP contribution is -2.52. The number of nitrogens with zero attached hydrogens (tertiary/aromatic N) is 2. The molecule has 20 heavy (non-hydrogen) atoms. The first-order valence-electron chi connectivity index (χ1n) is 9.00. The molecule has 1 aliphatic carbocycles. The highest BCUT2D eigenvalue weighted by Gasteiger charge is 2.27. The zero-order valence-electron chi connectivity index (χ0n) is 13.5. The second-order valence-electron chi connectivity index (χ2n) is 6.87. The van der Waals surface area contributed by atoms with Gasteiger partial charge in [-0.2, -0.15) is 0 Å². The van der Waals surface area contributed by atoms with E-state index in [1.807, 2.05) is 0 Å². The van der Waals surface area contributed by atoms with E-state index < -0.39 is 0 Å². The fourth-order valence-electron chi connectivity index (χ4n) is 3.41. The van der Waals surface area contributed by atoms with Crippen LogP contribution in [0.25, 0.3) is 0 Å². The molecule has 1 aliphatic heterocycles. The Labute approximate surface area is 125 Å². The lowest BCUT2D eigenvalue weighted by Gasteiger charge is -2.39. The molecule has 0 amide bonds. The fraction of sp³-hybridized carbons (Fsp3) is 1.00. The zero-order chi connectivity index (χ0) is 14.2. The molecule has 0 radical (unpaired) electrons. The molecule has 0 aromatic rings. The van der Waals surface area contributed by atoms with Gasteiger partial charge in [0.05, 0.1) is 0 Å². The Morgan fingerprint density at radius 1 is 1.00 bits per heavy atom. The van der Waals surface area contributed by atoms with E-state index in [2.05, 4.69) is 16.7 Å². The minimum absolute atomic E-state index is 0.639. The molecule has 3 heteroatoms. The summed E-state index contributed by atoms with van der Waals surface area (Å²) in [7, 11) is 0. The molecule has 3 nitrogen and oxygen atoms in total. The summed E-state index contributed by atoms with van der Waals surface area (Å²) in [6.45, 7) is 9.50. The predicted molar refractivity (Wildman–Crippen MR) is 87.0 cm³/mol. The van der Waals surface area contributed by atoms with E-state index in [4.69, 9.17) is 5.73 Å². The highest BCUT2D eigenvalue weighted by atomic mass is 15.3. The summed E-state index contributed by atoms with van der Waals surface area (Å²) < 4.78 is 0. The summed E-state index contributed by atoms with van der Waals surface area (Å²) in [6, 6.07) is 0.639. The van der Waals surface area contributed by atoms with Gasteiger partial charge in [0.25, 0.3) is 0 Å². The van der Waals surface area contributed by atoms with Crippen molar-refractivity contribution in [2.24, 2.45) is 11.7 Å². The average molecular weight is 281 g/mol. The summed E-state index contributed by atoms with van der Waals surface area (Å²) >= 11 is 0. The molecular weight excluding hydrogens is 246 g/mol. The molecule has 2 N–H and O–H groups in total. The normalized spacial score (nSPS) is 23.1. The van der Waals surface area contributed by atoms with Gasteiger partial charge in [0, 0.05) is 45.3 Å². The Kier molecular flexibility index (Phi) is 7.32. The number of hydrogen-bond acceptors (Lipinski definition) is 3. The smallest absolute Gasteiger partial charge is 0.0219 e. The first-order chi connectivity index (χ1) is 9.83. The molecule has 1 saturated heterocycles. The van der Waals surface area contributed by atoms with Crippen LogP contribution in [0, 0.1) is 5.92 Å². The summed E-state index contributed by atoms with van der Waals surface area (Å²) in [5, 5.41) is 0. The third-order valence-electron chi connectivity index (χ3n) is 5.05. The van der Waals surface area contributed by atoms with Crippen molar-refractivity contribution >= 4 is 0 Å². The molecule has 0 aromatic heterocycles. The predicted octanol–water partition coefficient (Wildman–Crippen LogP) is 2.70. The van der Waals surface area contributed by atoms with Crippen LogP contribution >= 0.6 is 0 Å². The van der Waals surface area contributed by atoms with Gasteiger partial charge < -0.3 is 10.6 Å². The highest BCUT2D eigenvalue weighted by molar-refractivity contribution is 4.83. The Morgan fingerprint density at radius 3 is 2.30 bits per heavy atom. The highest BCUT2D eigenvalue weighted by Crippen LogP contribution is 2.30. The van der Waals surface area contributed by atoms with E-state index in [-0.39, 0.29) is 0 Å². The van der Waals surface area contributed by atoms with Crippen molar-refractivity contribution in [2.45, 2.75) is 64.3 Å². The average Bonchev–Trinajstić information content (AvgIpc) is 3.28. The van der Waals surface area contributed by atoms with E-state index in [0.29, 0.717) is 6.04 Å². The maximum absolute atomic E-state index is 6.01. The maximum atomic E-state index is 6.01. The molecule has 2 aliphatic rings. The van der Waals surface area contributed by atoms with Crippen LogP contribution in [0.4, 0.5) is 0 Å². The van der Waals surface area contributed by atoms with Gasteiger partial charge in [-0.05, 0) is 25.2 Å². The van der Waals surface area contributed by atoms with Gasteiger partial charge in [-0.25, -0.2) is 0 Å². The zero-order valence-corrected chi connectivity index (χ0v) is 13.5. The topological polar surface area (TPSA) is 32.5 Å². The van der Waals surface area contributed by atoms with Gasteiger partial charge in [0.1, 0.15) is 0 Å². The summed E-state index contributed by atoms with van der Waals surface area (Å²) in [4.78, 5) is 5.33. The minimum atomic E-state index is 0.639. The molecule has 2 fully saturated rings. The number of rotatable bonds is 10. The third kappa shape index (κ3) is 5.71. The summed E-state index contributed by atoms with van der Waals surface area (Å²) in [5.41, 5.74) is 6.01. The van der Waals surface area contributed by atoms with Gasteiger partial charge in [0.15, 0.2) is 0 Å². The van der Waals surface area contributed by atoms with Crippen LogP contribution in [0.2, 0.25) is 0 Å². The van der Waals surface area contributed by atoms with Crippen LogP contribution in [-0.2, 0) is 0 Å². The lowest BCUT2D eigenvalue weighted by atomic mass is 10.0. The van der Waals surface area contributed by atoms with Gasteiger partial charge in [0.2, 0.25) is 0 Å². The lowest BCUT2D eigenvalue weighted by molar-refractivity contribution is 0.0910. The summed E-state index contributed by atoms with van der Waals surface area (Å²) in [6.07, 6.45) is 11.2. The van der Waals surface area contributed by atoms with Crippen molar-refractivity contribution in [1.82, 2.24) is 9.80 Å². The van der Waals surface area contributed by atoms with Gasteiger partial charge >= 0.3 is 0 Å². The molecule has 118 valence electrons. The Morgan fingerprint density at radius 2 is 1.70 bits per heavy atom. The molecule has 0 spiro atoms. The number of hydrogen-bond donors (Lipinski definition) is 1. The molecule has 1 atom stereocenters. The van der Waals surface area contributed by atoms with Crippen molar-refractivity contribution in [2.75, 3.05) is 39.3 Å². The molecule has 1 heterocycles. The molecule has 1 unspecified atom stereocenters. The molecule has 2 rings (SSSR count). The van der Waals surface area contributed by atoms with Crippen molar-refractivity contribution in [1.29, 1.82) is 0 Å². The van der Waals surface area contributed by atoms with Crippen molar-refractivity contribution in [3.05, 3.63) is 0 Å². The van der Waals surface area contributed by atoms with Gasteiger partial charge in [-0.3, -0.25) is 4.90 Å². The van der Waals surface area contributed by atoms with E-state index in [1.54, 1.807) is 0 Å². The number of piperazine rings is 1. The minimum Gasteiger partial charge on any atom is -0.329 e. The second kappa shape index (κ2) is 9.01. The monoisotopic (exact) mass is 281 g/mol. The SMILES string of the molecule is CCCCCCCC(CN)N1CCN(CC2CC2)CC1. The standard InChI is InChI=1S/C17H35N3/c1-2-3-4-5-6-7-17(14-18)20-12-10-19(11-13-20)15-16-8-9-16/h16-17H,2-15,18H2,1H3. The van der Waals surface area contributed by atoms with Crippen LogP contribution in [0.5, 0.6) is 0 Å². The Bertz CT molecular complexity index is 245. The Hall–Kier alpha value is -0.120. The molecular formula is C17H35N3. The largest absolute Gasteiger partial charge is 0.329 e. The van der Waals surface area contributed by atoms with Crippen LogP contribution in [-0.4, -0.2) is 55.1 Å². The maximum Gasteiger partial charge on any atom is 0.0219 e. The molecule has 0 aromatic carbocycles. The molecule has 0 bridgehead atoms. The Balaban J connectivity index is 1.59. The van der Waals surface area contributed by atoms with Crippen molar-refractivity contribution in [3.8, 4) is 0 Å². The van der Waals surface area contributed by atoms with E-state index in [1.165, 1.54) is 84.1 Å². The van der Waals surface area contributed by atoms with Crippen molar-refractivity contribution in [3.63, 3.8) is 0 Å². The van der Waals surface area contributed by atoms with Gasteiger partial charge in [-0.1, -0.05) is 39.0 Å².